The molecule has 0 saturated carbocycles. The largest absolute Gasteiger partial charge is 0.392 e. The second-order valence-corrected chi connectivity index (χ2v) is 5.79. The van der Waals surface area contributed by atoms with E-state index in [1.165, 1.54) is 19.3 Å². The third-order valence-corrected chi connectivity index (χ3v) is 4.12. The van der Waals surface area contributed by atoms with Crippen molar-refractivity contribution in [2.45, 2.75) is 37.8 Å². The molecule has 3 rings (SSSR count). The van der Waals surface area contributed by atoms with E-state index in [1.807, 2.05) is 12.1 Å². The molecule has 130 valence electrons. The maximum atomic E-state index is 12.0. The molecule has 1 aromatic heterocycles. The summed E-state index contributed by atoms with van der Waals surface area (Å²) in [5.41, 5.74) is 0.698. The van der Waals surface area contributed by atoms with E-state index in [-0.39, 0.29) is 36.8 Å². The van der Waals surface area contributed by atoms with Crippen molar-refractivity contribution >= 4 is 42.2 Å². The smallest absolute Gasteiger partial charge is 0.241 e. The summed E-state index contributed by atoms with van der Waals surface area (Å²) in [6.07, 6.45) is 5.47. The van der Waals surface area contributed by atoms with Crippen LogP contribution in [0.15, 0.2) is 18.3 Å². The number of aliphatic hydroxyl groups is 1. The van der Waals surface area contributed by atoms with E-state index in [0.717, 1.165) is 18.9 Å². The minimum Gasteiger partial charge on any atom is -0.392 e. The van der Waals surface area contributed by atoms with Crippen LogP contribution >= 0.6 is 24.8 Å². The molecule has 6 nitrogen and oxygen atoms in total. The molecule has 0 spiro atoms. The average molecular weight is 363 g/mol. The fourth-order valence-electron chi connectivity index (χ4n) is 2.92. The van der Waals surface area contributed by atoms with E-state index in [9.17, 15) is 9.90 Å². The standard InChI is InChI=1S/C15H22N4O2.2ClH/c20-12-8-13(16-10-12)15(21)18-11-4-5-14(17-9-11)19-6-2-1-3-7-19;;/h4-5,9,12-13,16,20H,1-3,6-8,10H2,(H,18,21);2*1H. The molecule has 3 N–H and O–H groups in total. The van der Waals surface area contributed by atoms with Gasteiger partial charge in [-0.3, -0.25) is 4.79 Å². The van der Waals surface area contributed by atoms with Gasteiger partial charge < -0.3 is 20.6 Å². The maximum Gasteiger partial charge on any atom is 0.241 e. The van der Waals surface area contributed by atoms with Crippen molar-refractivity contribution in [1.82, 2.24) is 10.3 Å². The molecule has 0 aromatic carbocycles. The zero-order valence-electron chi connectivity index (χ0n) is 12.9. The van der Waals surface area contributed by atoms with Gasteiger partial charge in [0.15, 0.2) is 0 Å². The van der Waals surface area contributed by atoms with Crippen molar-refractivity contribution in [2.24, 2.45) is 0 Å². The lowest BCUT2D eigenvalue weighted by Gasteiger charge is -2.27. The number of carbonyl (C=O) groups is 1. The number of anilines is 2. The Balaban J connectivity index is 0.00000132. The number of hydrogen-bond acceptors (Lipinski definition) is 5. The first-order chi connectivity index (χ1) is 10.2. The topological polar surface area (TPSA) is 77.5 Å². The van der Waals surface area contributed by atoms with E-state index in [0.29, 0.717) is 18.7 Å². The molecule has 0 radical (unpaired) electrons. The van der Waals surface area contributed by atoms with Crippen LogP contribution in [0.5, 0.6) is 0 Å². The van der Waals surface area contributed by atoms with E-state index in [2.05, 4.69) is 20.5 Å². The van der Waals surface area contributed by atoms with Crippen LogP contribution in [0.25, 0.3) is 0 Å². The van der Waals surface area contributed by atoms with Crippen molar-refractivity contribution in [2.75, 3.05) is 29.9 Å². The molecule has 2 fully saturated rings. The van der Waals surface area contributed by atoms with Gasteiger partial charge in [0.2, 0.25) is 5.91 Å². The van der Waals surface area contributed by atoms with Gasteiger partial charge in [0.05, 0.1) is 24.0 Å². The summed E-state index contributed by atoms with van der Waals surface area (Å²) in [6, 6.07) is 3.53. The summed E-state index contributed by atoms with van der Waals surface area (Å²) in [6.45, 7) is 2.59. The second kappa shape index (κ2) is 9.27. The van der Waals surface area contributed by atoms with Crippen molar-refractivity contribution < 1.29 is 9.90 Å². The molecule has 1 aromatic rings. The number of piperidine rings is 1. The van der Waals surface area contributed by atoms with Crippen molar-refractivity contribution in [1.29, 1.82) is 0 Å². The number of β-amino-alcohol motifs (C(OH)–C–C–N with tert-alkyl or cyclic N) is 1. The number of amides is 1. The summed E-state index contributed by atoms with van der Waals surface area (Å²) in [5.74, 6) is 0.862. The molecule has 2 aliphatic rings. The van der Waals surface area contributed by atoms with Crippen LogP contribution in [0, 0.1) is 0 Å². The predicted octanol–water partition coefficient (Wildman–Crippen LogP) is 1.58. The molecule has 2 aliphatic heterocycles. The molecule has 2 atom stereocenters. The Morgan fingerprint density at radius 2 is 2.00 bits per heavy atom. The van der Waals surface area contributed by atoms with Gasteiger partial charge in [-0.1, -0.05) is 0 Å². The van der Waals surface area contributed by atoms with Crippen molar-refractivity contribution in [3.8, 4) is 0 Å². The first kappa shape index (κ1) is 20.0. The molecule has 0 bridgehead atoms. The Morgan fingerprint density at radius 3 is 2.57 bits per heavy atom. The molecule has 2 saturated heterocycles. The Bertz CT molecular complexity index is 495. The number of hydrogen-bond donors (Lipinski definition) is 3. The van der Waals surface area contributed by atoms with Crippen LogP contribution < -0.4 is 15.5 Å². The van der Waals surface area contributed by atoms with E-state index >= 15 is 0 Å². The number of nitrogens with zero attached hydrogens (tertiary/aromatic N) is 2. The maximum absolute atomic E-state index is 12.0. The molecular weight excluding hydrogens is 339 g/mol. The van der Waals surface area contributed by atoms with Gasteiger partial charge in [-0.25, -0.2) is 4.98 Å². The molecule has 0 aliphatic carbocycles. The van der Waals surface area contributed by atoms with E-state index < -0.39 is 6.10 Å². The van der Waals surface area contributed by atoms with Crippen LogP contribution in [0.3, 0.4) is 0 Å². The number of halogens is 2. The molecular formula is C15H24Cl2N4O2. The molecule has 8 heteroatoms. The zero-order valence-corrected chi connectivity index (χ0v) is 14.5. The number of rotatable bonds is 3. The number of pyridine rings is 1. The lowest BCUT2D eigenvalue weighted by atomic mass is 10.1. The molecule has 23 heavy (non-hydrogen) atoms. The monoisotopic (exact) mass is 362 g/mol. The van der Waals surface area contributed by atoms with Crippen LogP contribution in [-0.4, -0.2) is 47.8 Å². The Morgan fingerprint density at radius 1 is 1.26 bits per heavy atom. The lowest BCUT2D eigenvalue weighted by Crippen LogP contribution is -2.35. The van der Waals surface area contributed by atoms with Crippen molar-refractivity contribution in [3.05, 3.63) is 18.3 Å². The summed E-state index contributed by atoms with van der Waals surface area (Å²) < 4.78 is 0. The summed E-state index contributed by atoms with van der Waals surface area (Å²) in [4.78, 5) is 18.7. The molecule has 1 amide bonds. The highest BCUT2D eigenvalue weighted by molar-refractivity contribution is 5.95. The van der Waals surface area contributed by atoms with E-state index in [1.54, 1.807) is 6.20 Å². The van der Waals surface area contributed by atoms with Gasteiger partial charge in [0.25, 0.3) is 0 Å². The van der Waals surface area contributed by atoms with Gasteiger partial charge in [0.1, 0.15) is 5.82 Å². The minimum atomic E-state index is -0.430. The minimum absolute atomic E-state index is 0. The third-order valence-electron chi connectivity index (χ3n) is 4.12. The van der Waals surface area contributed by atoms with Gasteiger partial charge in [0, 0.05) is 19.6 Å². The fraction of sp³-hybridized carbons (Fsp3) is 0.600. The fourth-order valence-corrected chi connectivity index (χ4v) is 2.92. The highest BCUT2D eigenvalue weighted by Crippen LogP contribution is 2.19. The Hall–Kier alpha value is -1.08. The quantitative estimate of drug-likeness (QED) is 0.760. The first-order valence-electron chi connectivity index (χ1n) is 7.66. The number of aromatic nitrogens is 1. The average Bonchev–Trinajstić information content (AvgIpc) is 2.96. The predicted molar refractivity (Wildman–Crippen MR) is 95.8 cm³/mol. The van der Waals surface area contributed by atoms with Gasteiger partial charge in [-0.05, 0) is 37.8 Å². The summed E-state index contributed by atoms with van der Waals surface area (Å²) in [5, 5.41) is 15.3. The van der Waals surface area contributed by atoms with Gasteiger partial charge in [-0.2, -0.15) is 0 Å². The lowest BCUT2D eigenvalue weighted by molar-refractivity contribution is -0.117. The Kier molecular flexibility index (Phi) is 8.05. The van der Waals surface area contributed by atoms with Crippen LogP contribution in [0.4, 0.5) is 11.5 Å². The van der Waals surface area contributed by atoms with Crippen LogP contribution in [0.1, 0.15) is 25.7 Å². The molecule has 2 unspecified atom stereocenters. The normalized spacial score (nSPS) is 23.6. The summed E-state index contributed by atoms with van der Waals surface area (Å²) in [7, 11) is 0. The summed E-state index contributed by atoms with van der Waals surface area (Å²) >= 11 is 0. The number of nitrogens with one attached hydrogen (secondary N) is 2. The van der Waals surface area contributed by atoms with Crippen LogP contribution in [-0.2, 0) is 4.79 Å². The first-order valence-corrected chi connectivity index (χ1v) is 7.66. The third kappa shape index (κ3) is 5.21. The van der Waals surface area contributed by atoms with Gasteiger partial charge in [-0.15, -0.1) is 24.8 Å². The number of aliphatic hydroxyl groups excluding tert-OH is 1. The van der Waals surface area contributed by atoms with Crippen molar-refractivity contribution in [3.63, 3.8) is 0 Å². The zero-order chi connectivity index (χ0) is 14.7. The molecule has 3 heterocycles. The highest BCUT2D eigenvalue weighted by atomic mass is 35.5. The van der Waals surface area contributed by atoms with Gasteiger partial charge >= 0.3 is 0 Å². The number of carbonyl (C=O) groups excluding carboxylic acids is 1. The van der Waals surface area contributed by atoms with E-state index in [4.69, 9.17) is 0 Å². The SMILES string of the molecule is Cl.Cl.O=C(Nc1ccc(N2CCCCC2)nc1)C1CC(O)CN1. The highest BCUT2D eigenvalue weighted by Gasteiger charge is 2.28. The van der Waals surface area contributed by atoms with Crippen LogP contribution in [0.2, 0.25) is 0 Å². The second-order valence-electron chi connectivity index (χ2n) is 5.79. The Labute approximate surface area is 148 Å².